The number of fused-ring (bicyclic) bond motifs is 4. The van der Waals surface area contributed by atoms with E-state index in [0.717, 1.165) is 78.3 Å². The molecule has 0 saturated carbocycles. The summed E-state index contributed by atoms with van der Waals surface area (Å²) in [5.74, 6) is 1.64. The van der Waals surface area contributed by atoms with Crippen molar-refractivity contribution in [2.24, 2.45) is 0 Å². The number of allylic oxidation sites excluding steroid dienone is 4. The molecule has 2 aromatic heterocycles. The fourth-order valence-corrected chi connectivity index (χ4v) is 7.68. The molecule has 4 heteroatoms. The Labute approximate surface area is 310 Å². The third kappa shape index (κ3) is 5.88. The first-order valence-corrected chi connectivity index (χ1v) is 18.0. The van der Waals surface area contributed by atoms with E-state index in [4.69, 9.17) is 14.7 Å². The molecule has 0 bridgehead atoms. The second-order valence-electron chi connectivity index (χ2n) is 14.1. The van der Waals surface area contributed by atoms with Crippen molar-refractivity contribution in [3.8, 4) is 61.9 Å². The quantitative estimate of drug-likeness (QED) is 0.157. The summed E-state index contributed by atoms with van der Waals surface area (Å²) in [7, 11) is 0. The molecule has 0 fully saturated rings. The number of pyridine rings is 1. The van der Waals surface area contributed by atoms with Crippen molar-refractivity contribution >= 4 is 11.1 Å². The standard InChI is InChI=1S/C49H37N3O/c1-32(13-8-20-40-31-53-44-25-7-5-22-41(40)44)33-14-9-15-34(27-33)35-16-10-18-37(28-35)46-45-47(42-23-4-6-24-43(42)49(45,2)3)52-48(51-46)38-19-11-17-36(29-38)39-21-12-26-50-30-39/h4-30H,1,31H2,2-3H3/b13-8-,40-20+. The van der Waals surface area contributed by atoms with Crippen LogP contribution in [0.2, 0.25) is 0 Å². The molecule has 3 heterocycles. The molecular weight excluding hydrogens is 647 g/mol. The van der Waals surface area contributed by atoms with Crippen molar-refractivity contribution in [1.82, 2.24) is 15.0 Å². The summed E-state index contributed by atoms with van der Waals surface area (Å²) in [6.07, 6.45) is 9.94. The van der Waals surface area contributed by atoms with Crippen molar-refractivity contribution in [1.29, 1.82) is 0 Å². The molecule has 1 aliphatic carbocycles. The zero-order valence-electron chi connectivity index (χ0n) is 29.8. The van der Waals surface area contributed by atoms with E-state index >= 15 is 0 Å². The van der Waals surface area contributed by atoms with Gasteiger partial charge in [-0.15, -0.1) is 0 Å². The minimum atomic E-state index is -0.278. The fraction of sp³-hybridized carbons (Fsp3) is 0.0816. The molecule has 7 aromatic rings. The van der Waals surface area contributed by atoms with Crippen LogP contribution in [0, 0.1) is 0 Å². The van der Waals surface area contributed by atoms with Crippen molar-refractivity contribution in [3.05, 3.63) is 193 Å². The zero-order valence-corrected chi connectivity index (χ0v) is 29.8. The van der Waals surface area contributed by atoms with Crippen LogP contribution in [0.5, 0.6) is 5.75 Å². The average Bonchev–Trinajstić information content (AvgIpc) is 3.73. The lowest BCUT2D eigenvalue weighted by Crippen LogP contribution is -2.17. The van der Waals surface area contributed by atoms with Gasteiger partial charge in [0.05, 0.1) is 11.4 Å². The van der Waals surface area contributed by atoms with Gasteiger partial charge in [0.25, 0.3) is 0 Å². The highest BCUT2D eigenvalue weighted by Gasteiger charge is 2.40. The number of hydrogen-bond acceptors (Lipinski definition) is 4. The Balaban J connectivity index is 1.10. The summed E-state index contributed by atoms with van der Waals surface area (Å²) in [5.41, 5.74) is 16.0. The molecule has 5 aromatic carbocycles. The first-order chi connectivity index (χ1) is 25.9. The molecule has 1 aliphatic heterocycles. The second-order valence-corrected chi connectivity index (χ2v) is 14.1. The number of rotatable bonds is 7. The molecule has 0 amide bonds. The Morgan fingerprint density at radius 2 is 1.32 bits per heavy atom. The third-order valence-corrected chi connectivity index (χ3v) is 10.4. The van der Waals surface area contributed by atoms with Crippen LogP contribution >= 0.6 is 0 Å². The molecule has 0 atom stereocenters. The Kier molecular flexibility index (Phi) is 8.01. The lowest BCUT2D eigenvalue weighted by molar-refractivity contribution is 0.388. The normalized spacial score (nSPS) is 14.5. The van der Waals surface area contributed by atoms with Crippen LogP contribution in [0.25, 0.3) is 67.3 Å². The predicted molar refractivity (Wildman–Crippen MR) is 217 cm³/mol. The Hall–Kier alpha value is -6.65. The maximum Gasteiger partial charge on any atom is 0.160 e. The first-order valence-electron chi connectivity index (χ1n) is 18.0. The van der Waals surface area contributed by atoms with Crippen LogP contribution in [-0.2, 0) is 5.41 Å². The summed E-state index contributed by atoms with van der Waals surface area (Å²) >= 11 is 0. The lowest BCUT2D eigenvalue weighted by atomic mass is 9.80. The van der Waals surface area contributed by atoms with Crippen molar-refractivity contribution in [2.75, 3.05) is 6.61 Å². The maximum atomic E-state index is 5.83. The van der Waals surface area contributed by atoms with Crippen LogP contribution < -0.4 is 4.74 Å². The first kappa shape index (κ1) is 32.3. The molecular formula is C49H37N3O. The molecule has 0 saturated heterocycles. The van der Waals surface area contributed by atoms with Crippen molar-refractivity contribution < 1.29 is 4.74 Å². The highest BCUT2D eigenvalue weighted by atomic mass is 16.5. The number of ether oxygens (including phenoxy) is 1. The summed E-state index contributed by atoms with van der Waals surface area (Å²) in [6, 6.07) is 46.6. The minimum absolute atomic E-state index is 0.278. The van der Waals surface area contributed by atoms with Crippen LogP contribution in [0.4, 0.5) is 0 Å². The topological polar surface area (TPSA) is 47.9 Å². The van der Waals surface area contributed by atoms with Crippen LogP contribution in [0.15, 0.2) is 171 Å². The SMILES string of the molecule is C=C(/C=C\C=C1/COc2ccccc21)c1cccc(-c2cccc(-c3nc(-c4cccc(-c5cccnc5)c4)nc4c3C(C)(C)c3ccccc3-4)c2)c1. The number of aromatic nitrogens is 3. The highest BCUT2D eigenvalue weighted by Crippen LogP contribution is 2.51. The summed E-state index contributed by atoms with van der Waals surface area (Å²) < 4.78 is 5.83. The summed E-state index contributed by atoms with van der Waals surface area (Å²) in [6.45, 7) is 9.56. The molecule has 2 aliphatic rings. The molecule has 0 radical (unpaired) electrons. The largest absolute Gasteiger partial charge is 0.488 e. The van der Waals surface area contributed by atoms with Gasteiger partial charge in [-0.25, -0.2) is 9.97 Å². The molecule has 9 rings (SSSR count). The zero-order chi connectivity index (χ0) is 35.9. The smallest absolute Gasteiger partial charge is 0.160 e. The van der Waals surface area contributed by atoms with Gasteiger partial charge in [0, 0.05) is 56.8 Å². The molecule has 0 N–H and O–H groups in total. The summed E-state index contributed by atoms with van der Waals surface area (Å²) in [5, 5.41) is 0. The van der Waals surface area contributed by atoms with Gasteiger partial charge >= 0.3 is 0 Å². The van der Waals surface area contributed by atoms with Gasteiger partial charge in [-0.1, -0.05) is 142 Å². The van der Waals surface area contributed by atoms with E-state index in [1.165, 1.54) is 11.1 Å². The molecule has 0 unspecified atom stereocenters. The molecule has 4 nitrogen and oxygen atoms in total. The number of benzene rings is 5. The highest BCUT2D eigenvalue weighted by molar-refractivity contribution is 5.88. The van der Waals surface area contributed by atoms with Gasteiger partial charge in [-0.2, -0.15) is 0 Å². The monoisotopic (exact) mass is 683 g/mol. The van der Waals surface area contributed by atoms with E-state index < -0.39 is 0 Å². The Bertz CT molecular complexity index is 2610. The van der Waals surface area contributed by atoms with E-state index in [0.29, 0.717) is 12.4 Å². The number of para-hydroxylation sites is 1. The molecule has 53 heavy (non-hydrogen) atoms. The third-order valence-electron chi connectivity index (χ3n) is 10.4. The van der Waals surface area contributed by atoms with E-state index in [2.05, 4.69) is 153 Å². The second kappa shape index (κ2) is 13.2. The Morgan fingerprint density at radius 3 is 2.15 bits per heavy atom. The van der Waals surface area contributed by atoms with Crippen LogP contribution in [0.3, 0.4) is 0 Å². The van der Waals surface area contributed by atoms with E-state index in [1.54, 1.807) is 6.20 Å². The van der Waals surface area contributed by atoms with Crippen molar-refractivity contribution in [3.63, 3.8) is 0 Å². The van der Waals surface area contributed by atoms with Gasteiger partial charge in [0.2, 0.25) is 0 Å². The van der Waals surface area contributed by atoms with Gasteiger partial charge in [0.15, 0.2) is 5.82 Å². The fourth-order valence-electron chi connectivity index (χ4n) is 7.68. The van der Waals surface area contributed by atoms with E-state index in [9.17, 15) is 0 Å². The molecule has 0 spiro atoms. The van der Waals surface area contributed by atoms with E-state index in [-0.39, 0.29) is 5.41 Å². The molecule has 254 valence electrons. The Morgan fingerprint density at radius 1 is 0.660 bits per heavy atom. The maximum absolute atomic E-state index is 5.83. The average molecular weight is 684 g/mol. The number of nitrogens with zero attached hydrogens (tertiary/aromatic N) is 3. The van der Waals surface area contributed by atoms with Gasteiger partial charge in [-0.3, -0.25) is 4.98 Å². The van der Waals surface area contributed by atoms with Crippen molar-refractivity contribution in [2.45, 2.75) is 19.3 Å². The van der Waals surface area contributed by atoms with Gasteiger partial charge < -0.3 is 4.74 Å². The minimum Gasteiger partial charge on any atom is -0.488 e. The number of hydrogen-bond donors (Lipinski definition) is 0. The van der Waals surface area contributed by atoms with Crippen LogP contribution in [0.1, 0.15) is 36.1 Å². The predicted octanol–water partition coefficient (Wildman–Crippen LogP) is 11.9. The van der Waals surface area contributed by atoms with Crippen LogP contribution in [-0.4, -0.2) is 21.6 Å². The lowest BCUT2D eigenvalue weighted by Gasteiger charge is -2.24. The van der Waals surface area contributed by atoms with E-state index in [1.807, 2.05) is 30.5 Å². The summed E-state index contributed by atoms with van der Waals surface area (Å²) in [4.78, 5) is 15.0. The van der Waals surface area contributed by atoms with Gasteiger partial charge in [0.1, 0.15) is 12.4 Å². The van der Waals surface area contributed by atoms with Gasteiger partial charge in [-0.05, 0) is 63.7 Å².